The molecule has 6 heteroatoms. The Morgan fingerprint density at radius 2 is 2.20 bits per heavy atom. The normalized spacial score (nSPS) is 23.2. The van der Waals surface area contributed by atoms with Crippen molar-refractivity contribution >= 4 is 9.84 Å². The molecule has 0 radical (unpaired) electrons. The third-order valence-electron chi connectivity index (χ3n) is 3.65. The first-order chi connectivity index (χ1) is 9.41. The van der Waals surface area contributed by atoms with Crippen LogP contribution in [0.25, 0.3) is 0 Å². The lowest BCUT2D eigenvalue weighted by Crippen LogP contribution is -2.41. The first-order valence-corrected chi connectivity index (χ1v) is 8.57. The summed E-state index contributed by atoms with van der Waals surface area (Å²) >= 11 is 0. The molecule has 0 amide bonds. The Bertz CT molecular complexity index is 571. The number of phenols is 1. The maximum atomic E-state index is 11.6. The van der Waals surface area contributed by atoms with Gasteiger partial charge in [0, 0.05) is 17.6 Å². The van der Waals surface area contributed by atoms with E-state index in [1.165, 1.54) is 0 Å². The molecule has 1 aliphatic heterocycles. The molecule has 1 aromatic rings. The number of hydrogen-bond acceptors (Lipinski definition) is 5. The molecule has 1 aliphatic rings. The van der Waals surface area contributed by atoms with Gasteiger partial charge in [0.25, 0.3) is 0 Å². The molecule has 5 nitrogen and oxygen atoms in total. The largest absolute Gasteiger partial charge is 0.508 e. The monoisotopic (exact) mass is 299 g/mol. The van der Waals surface area contributed by atoms with Crippen LogP contribution in [0.5, 0.6) is 11.5 Å². The Morgan fingerprint density at radius 1 is 1.45 bits per heavy atom. The Morgan fingerprint density at radius 3 is 2.85 bits per heavy atom. The van der Waals surface area contributed by atoms with Gasteiger partial charge < -0.3 is 15.2 Å². The van der Waals surface area contributed by atoms with Crippen molar-refractivity contribution < 1.29 is 18.3 Å². The van der Waals surface area contributed by atoms with Crippen LogP contribution < -0.4 is 10.1 Å². The molecule has 2 unspecified atom stereocenters. The summed E-state index contributed by atoms with van der Waals surface area (Å²) in [7, 11) is -1.36. The van der Waals surface area contributed by atoms with Crippen LogP contribution in [0, 0.1) is 0 Å². The Balaban J connectivity index is 2.10. The van der Waals surface area contributed by atoms with E-state index >= 15 is 0 Å². The van der Waals surface area contributed by atoms with Crippen molar-refractivity contribution in [2.24, 2.45) is 0 Å². The van der Waals surface area contributed by atoms with Crippen LogP contribution in [0.3, 0.4) is 0 Å². The minimum Gasteiger partial charge on any atom is -0.508 e. The third kappa shape index (κ3) is 3.64. The molecule has 0 spiro atoms. The first-order valence-electron chi connectivity index (χ1n) is 6.74. The highest BCUT2D eigenvalue weighted by Gasteiger charge is 2.26. The van der Waals surface area contributed by atoms with E-state index in [2.05, 4.69) is 5.32 Å². The number of rotatable bonds is 4. The summed E-state index contributed by atoms with van der Waals surface area (Å²) in [4.78, 5) is 0. The highest BCUT2D eigenvalue weighted by Crippen LogP contribution is 2.29. The molecule has 1 aromatic carbocycles. The van der Waals surface area contributed by atoms with Gasteiger partial charge in [-0.15, -0.1) is 0 Å². The molecular formula is C14H21NO4S. The van der Waals surface area contributed by atoms with Gasteiger partial charge in [0.15, 0.2) is 9.84 Å². The van der Waals surface area contributed by atoms with E-state index in [1.54, 1.807) is 25.3 Å². The summed E-state index contributed by atoms with van der Waals surface area (Å²) in [5.41, 5.74) is 0.715. The highest BCUT2D eigenvalue weighted by molar-refractivity contribution is 7.91. The number of methoxy groups -OCH3 is 1. The van der Waals surface area contributed by atoms with Gasteiger partial charge in [0.05, 0.1) is 18.6 Å². The van der Waals surface area contributed by atoms with Crippen LogP contribution in [-0.4, -0.2) is 38.2 Å². The molecule has 2 N–H and O–H groups in total. The zero-order valence-electron chi connectivity index (χ0n) is 11.8. The number of hydrogen-bond donors (Lipinski definition) is 2. The Kier molecular flexibility index (Phi) is 4.55. The van der Waals surface area contributed by atoms with Crippen LogP contribution in [0.4, 0.5) is 0 Å². The summed E-state index contributed by atoms with van der Waals surface area (Å²) in [6.07, 6.45) is 1.53. The van der Waals surface area contributed by atoms with Crippen LogP contribution in [0.1, 0.15) is 31.4 Å². The summed E-state index contributed by atoms with van der Waals surface area (Å²) in [6, 6.07) is 4.85. The molecule has 0 aliphatic carbocycles. The average molecular weight is 299 g/mol. The van der Waals surface area contributed by atoms with Crippen molar-refractivity contribution in [3.05, 3.63) is 23.8 Å². The second-order valence-corrected chi connectivity index (χ2v) is 7.50. The minimum absolute atomic E-state index is 0.0608. The van der Waals surface area contributed by atoms with Gasteiger partial charge in [-0.1, -0.05) is 0 Å². The van der Waals surface area contributed by atoms with Crippen LogP contribution >= 0.6 is 0 Å². The lowest BCUT2D eigenvalue weighted by atomic mass is 10.0. The van der Waals surface area contributed by atoms with Crippen molar-refractivity contribution in [1.82, 2.24) is 5.32 Å². The quantitative estimate of drug-likeness (QED) is 0.884. The minimum atomic E-state index is -2.93. The molecule has 2 atom stereocenters. The maximum absolute atomic E-state index is 11.6. The second-order valence-electron chi connectivity index (χ2n) is 5.27. The summed E-state index contributed by atoms with van der Waals surface area (Å²) in [5, 5.41) is 13.2. The standard InChI is InChI=1S/C14H21NO4S/c1-10(13-8-12(19-2)5-6-14(13)16)15-11-4-3-7-20(17,18)9-11/h5-6,8,10-11,15-16H,3-4,7,9H2,1-2H3. The smallest absolute Gasteiger partial charge is 0.151 e. The van der Waals surface area contributed by atoms with E-state index in [-0.39, 0.29) is 29.3 Å². The van der Waals surface area contributed by atoms with Crippen molar-refractivity contribution in [2.75, 3.05) is 18.6 Å². The van der Waals surface area contributed by atoms with Gasteiger partial charge in [-0.2, -0.15) is 0 Å². The SMILES string of the molecule is COc1ccc(O)c(C(C)NC2CCCS(=O)(=O)C2)c1. The third-order valence-corrected chi connectivity index (χ3v) is 5.47. The number of sulfone groups is 1. The predicted octanol–water partition coefficient (Wildman–Crippen LogP) is 1.63. The van der Waals surface area contributed by atoms with Gasteiger partial charge in [-0.05, 0) is 38.0 Å². The fraction of sp³-hybridized carbons (Fsp3) is 0.571. The summed E-state index contributed by atoms with van der Waals surface area (Å²) < 4.78 is 28.4. The molecule has 2 rings (SSSR count). The van der Waals surface area contributed by atoms with Crippen molar-refractivity contribution in [3.63, 3.8) is 0 Å². The van der Waals surface area contributed by atoms with E-state index in [9.17, 15) is 13.5 Å². The molecule has 1 saturated heterocycles. The molecular weight excluding hydrogens is 278 g/mol. The number of aromatic hydroxyl groups is 1. The van der Waals surface area contributed by atoms with Crippen LogP contribution in [0.15, 0.2) is 18.2 Å². The van der Waals surface area contributed by atoms with Gasteiger partial charge in [-0.3, -0.25) is 0 Å². The predicted molar refractivity (Wildman–Crippen MR) is 77.9 cm³/mol. The number of nitrogens with one attached hydrogen (secondary N) is 1. The molecule has 112 valence electrons. The van der Waals surface area contributed by atoms with E-state index in [0.717, 1.165) is 6.42 Å². The lowest BCUT2D eigenvalue weighted by molar-refractivity contribution is 0.399. The molecule has 0 saturated carbocycles. The van der Waals surface area contributed by atoms with Crippen LogP contribution in [0.2, 0.25) is 0 Å². The van der Waals surface area contributed by atoms with Gasteiger partial charge >= 0.3 is 0 Å². The van der Waals surface area contributed by atoms with E-state index < -0.39 is 9.84 Å². The molecule has 0 aromatic heterocycles. The fourth-order valence-corrected chi connectivity index (χ4v) is 4.25. The molecule has 1 fully saturated rings. The average Bonchev–Trinajstić information content (AvgIpc) is 2.38. The molecule has 20 heavy (non-hydrogen) atoms. The lowest BCUT2D eigenvalue weighted by Gasteiger charge is -2.27. The van der Waals surface area contributed by atoms with Gasteiger partial charge in [0.2, 0.25) is 0 Å². The highest BCUT2D eigenvalue weighted by atomic mass is 32.2. The fourth-order valence-electron chi connectivity index (χ4n) is 2.60. The summed E-state index contributed by atoms with van der Waals surface area (Å²) in [6.45, 7) is 1.91. The van der Waals surface area contributed by atoms with Crippen molar-refractivity contribution in [3.8, 4) is 11.5 Å². The Hall–Kier alpha value is -1.27. The van der Waals surface area contributed by atoms with E-state index in [1.807, 2.05) is 6.92 Å². The van der Waals surface area contributed by atoms with Gasteiger partial charge in [-0.25, -0.2) is 8.42 Å². The van der Waals surface area contributed by atoms with Crippen molar-refractivity contribution in [1.29, 1.82) is 0 Å². The summed E-state index contributed by atoms with van der Waals surface area (Å²) in [5.74, 6) is 1.30. The molecule has 0 bridgehead atoms. The van der Waals surface area contributed by atoms with Crippen molar-refractivity contribution in [2.45, 2.75) is 31.8 Å². The van der Waals surface area contributed by atoms with Crippen LogP contribution in [-0.2, 0) is 9.84 Å². The topological polar surface area (TPSA) is 75.6 Å². The molecule has 1 heterocycles. The second kappa shape index (κ2) is 6.01. The van der Waals surface area contributed by atoms with E-state index in [0.29, 0.717) is 17.7 Å². The number of benzene rings is 1. The number of ether oxygens (including phenoxy) is 1. The zero-order chi connectivity index (χ0) is 14.8. The van der Waals surface area contributed by atoms with Gasteiger partial charge in [0.1, 0.15) is 11.5 Å². The Labute approximate surface area is 119 Å². The zero-order valence-corrected chi connectivity index (χ0v) is 12.6. The maximum Gasteiger partial charge on any atom is 0.151 e. The van der Waals surface area contributed by atoms with E-state index in [4.69, 9.17) is 4.74 Å². The number of phenolic OH excluding ortho intramolecular Hbond substituents is 1. The first kappa shape index (κ1) is 15.1.